The number of aromatic carboxylic acids is 1. The van der Waals surface area contributed by atoms with Crippen LogP contribution in [0.3, 0.4) is 0 Å². The number of nitrogens with zero attached hydrogens (tertiary/aromatic N) is 2. The standard InChI is InChI=1S/C21H19BrN2O4/c22-17-6-8-19(9-7-17)28-14-18(25)12-16-13-24(23-20(16)21(26)27)11-10-15-4-2-1-3-5-15/h1-9,13H,10-12,14H2,(H,26,27). The number of carbonyl (C=O) groups is 2. The van der Waals surface area contributed by atoms with E-state index < -0.39 is 5.97 Å². The largest absolute Gasteiger partial charge is 0.486 e. The van der Waals surface area contributed by atoms with Crippen LogP contribution in [0, 0.1) is 0 Å². The molecule has 0 atom stereocenters. The molecule has 1 aromatic heterocycles. The summed E-state index contributed by atoms with van der Waals surface area (Å²) in [4.78, 5) is 23.7. The monoisotopic (exact) mass is 442 g/mol. The number of ketones is 1. The molecule has 144 valence electrons. The van der Waals surface area contributed by atoms with Crippen LogP contribution in [0.15, 0.2) is 65.3 Å². The van der Waals surface area contributed by atoms with Gasteiger partial charge in [0.2, 0.25) is 0 Å². The number of Topliss-reactive ketones (excluding diaryl/α,β-unsaturated/α-hetero) is 1. The predicted molar refractivity (Wildman–Crippen MR) is 108 cm³/mol. The van der Waals surface area contributed by atoms with E-state index in [1.165, 1.54) is 0 Å². The lowest BCUT2D eigenvalue weighted by Gasteiger charge is -2.05. The first-order valence-corrected chi connectivity index (χ1v) is 9.54. The number of rotatable bonds is 9. The van der Waals surface area contributed by atoms with Crippen LogP contribution in [0.2, 0.25) is 0 Å². The number of carboxylic acid groups (broad SMARTS) is 1. The lowest BCUT2D eigenvalue weighted by atomic mass is 10.1. The number of hydrogen-bond donors (Lipinski definition) is 1. The van der Waals surface area contributed by atoms with Gasteiger partial charge in [0.15, 0.2) is 11.5 Å². The predicted octanol–water partition coefficient (Wildman–Crippen LogP) is 3.78. The summed E-state index contributed by atoms with van der Waals surface area (Å²) in [5.74, 6) is -0.781. The number of benzene rings is 2. The molecule has 0 saturated heterocycles. The zero-order valence-corrected chi connectivity index (χ0v) is 16.6. The summed E-state index contributed by atoms with van der Waals surface area (Å²) in [6, 6.07) is 17.0. The third kappa shape index (κ3) is 5.53. The van der Waals surface area contributed by atoms with Crippen molar-refractivity contribution in [3.8, 4) is 5.75 Å². The minimum absolute atomic E-state index is 0.0382. The van der Waals surface area contributed by atoms with E-state index >= 15 is 0 Å². The second kappa shape index (κ2) is 9.32. The number of aromatic nitrogens is 2. The first kappa shape index (κ1) is 19.8. The van der Waals surface area contributed by atoms with Gasteiger partial charge in [-0.2, -0.15) is 5.10 Å². The van der Waals surface area contributed by atoms with Gasteiger partial charge in [-0.3, -0.25) is 9.48 Å². The Labute approximate surface area is 170 Å². The maximum atomic E-state index is 12.3. The van der Waals surface area contributed by atoms with Crippen LogP contribution in [-0.4, -0.2) is 33.2 Å². The minimum Gasteiger partial charge on any atom is -0.486 e. The third-order valence-electron chi connectivity index (χ3n) is 4.11. The van der Waals surface area contributed by atoms with E-state index in [9.17, 15) is 14.7 Å². The van der Waals surface area contributed by atoms with Crippen LogP contribution in [0.1, 0.15) is 21.6 Å². The molecular weight excluding hydrogens is 424 g/mol. The van der Waals surface area contributed by atoms with Gasteiger partial charge in [0.25, 0.3) is 0 Å². The maximum absolute atomic E-state index is 12.3. The van der Waals surface area contributed by atoms with Gasteiger partial charge in [0.1, 0.15) is 12.4 Å². The Bertz CT molecular complexity index is 952. The second-order valence-corrected chi connectivity index (χ2v) is 7.18. The first-order valence-electron chi connectivity index (χ1n) is 8.75. The molecule has 6 nitrogen and oxygen atoms in total. The molecule has 1 heterocycles. The van der Waals surface area contributed by atoms with Crippen molar-refractivity contribution < 1.29 is 19.4 Å². The maximum Gasteiger partial charge on any atom is 0.356 e. The number of hydrogen-bond acceptors (Lipinski definition) is 4. The van der Waals surface area contributed by atoms with E-state index in [1.807, 2.05) is 42.5 Å². The summed E-state index contributed by atoms with van der Waals surface area (Å²) in [6.45, 7) is 0.407. The van der Waals surface area contributed by atoms with Gasteiger partial charge < -0.3 is 9.84 Å². The number of halogens is 1. The molecule has 0 bridgehead atoms. The van der Waals surface area contributed by atoms with E-state index in [0.29, 0.717) is 17.9 Å². The van der Waals surface area contributed by atoms with Crippen molar-refractivity contribution in [3.05, 3.63) is 82.1 Å². The van der Waals surface area contributed by atoms with Crippen molar-refractivity contribution in [2.45, 2.75) is 19.4 Å². The first-order chi connectivity index (χ1) is 13.5. The highest BCUT2D eigenvalue weighted by Crippen LogP contribution is 2.16. The molecule has 0 aliphatic carbocycles. The fourth-order valence-electron chi connectivity index (χ4n) is 2.73. The van der Waals surface area contributed by atoms with Gasteiger partial charge in [-0.25, -0.2) is 4.79 Å². The lowest BCUT2D eigenvalue weighted by Crippen LogP contribution is -2.15. The highest BCUT2D eigenvalue weighted by molar-refractivity contribution is 9.10. The lowest BCUT2D eigenvalue weighted by molar-refractivity contribution is -0.120. The van der Waals surface area contributed by atoms with Crippen molar-refractivity contribution in [2.75, 3.05) is 6.61 Å². The summed E-state index contributed by atoms with van der Waals surface area (Å²) in [5, 5.41) is 13.5. The zero-order chi connectivity index (χ0) is 19.9. The van der Waals surface area contributed by atoms with Crippen LogP contribution < -0.4 is 4.74 Å². The van der Waals surface area contributed by atoms with Crippen molar-refractivity contribution in [3.63, 3.8) is 0 Å². The van der Waals surface area contributed by atoms with Gasteiger partial charge in [-0.1, -0.05) is 46.3 Å². The third-order valence-corrected chi connectivity index (χ3v) is 4.64. The Morgan fingerprint density at radius 2 is 1.79 bits per heavy atom. The number of aryl methyl sites for hydroxylation is 2. The van der Waals surface area contributed by atoms with Crippen LogP contribution in [0.4, 0.5) is 0 Å². The fourth-order valence-corrected chi connectivity index (χ4v) is 3.00. The van der Waals surface area contributed by atoms with Crippen molar-refractivity contribution >= 4 is 27.7 Å². The molecule has 0 aliphatic heterocycles. The van der Waals surface area contributed by atoms with Gasteiger partial charge in [0, 0.05) is 29.2 Å². The van der Waals surface area contributed by atoms with Crippen LogP contribution >= 0.6 is 15.9 Å². The van der Waals surface area contributed by atoms with Crippen molar-refractivity contribution in [1.29, 1.82) is 0 Å². The quantitative estimate of drug-likeness (QED) is 0.545. The summed E-state index contributed by atoms with van der Waals surface area (Å²) >= 11 is 3.33. The molecule has 0 aliphatic rings. The van der Waals surface area contributed by atoms with Crippen molar-refractivity contribution in [2.24, 2.45) is 0 Å². The topological polar surface area (TPSA) is 81.4 Å². The van der Waals surface area contributed by atoms with Crippen LogP contribution in [-0.2, 0) is 24.2 Å². The average Bonchev–Trinajstić information content (AvgIpc) is 3.10. The fraction of sp³-hybridized carbons (Fsp3) is 0.190. The molecular formula is C21H19BrN2O4. The highest BCUT2D eigenvalue weighted by atomic mass is 79.9. The van der Waals surface area contributed by atoms with Crippen molar-refractivity contribution in [1.82, 2.24) is 9.78 Å². The van der Waals surface area contributed by atoms with Gasteiger partial charge in [-0.15, -0.1) is 0 Å². The summed E-state index contributed by atoms with van der Waals surface area (Å²) in [6.07, 6.45) is 2.31. The highest BCUT2D eigenvalue weighted by Gasteiger charge is 2.18. The molecule has 7 heteroatoms. The van der Waals surface area contributed by atoms with Crippen LogP contribution in [0.25, 0.3) is 0 Å². The Hall–Kier alpha value is -2.93. The normalized spacial score (nSPS) is 10.6. The van der Waals surface area contributed by atoms with E-state index in [0.717, 1.165) is 16.5 Å². The van der Waals surface area contributed by atoms with E-state index in [2.05, 4.69) is 21.0 Å². The Balaban J connectivity index is 1.61. The van der Waals surface area contributed by atoms with E-state index in [-0.39, 0.29) is 24.5 Å². The summed E-state index contributed by atoms with van der Waals surface area (Å²) in [7, 11) is 0. The molecule has 0 saturated carbocycles. The molecule has 3 aromatic rings. The Kier molecular flexibility index (Phi) is 6.60. The molecule has 0 amide bonds. The SMILES string of the molecule is O=C(COc1ccc(Br)cc1)Cc1cn(CCc2ccccc2)nc1C(=O)O. The molecule has 2 aromatic carbocycles. The number of ether oxygens (including phenoxy) is 1. The van der Waals surface area contributed by atoms with Gasteiger partial charge in [-0.05, 0) is 36.2 Å². The molecule has 0 unspecified atom stereocenters. The molecule has 28 heavy (non-hydrogen) atoms. The molecule has 0 fully saturated rings. The molecule has 1 N–H and O–H groups in total. The zero-order valence-electron chi connectivity index (χ0n) is 15.0. The number of carboxylic acids is 1. The summed E-state index contributed by atoms with van der Waals surface area (Å²) in [5.41, 5.74) is 1.44. The molecule has 3 rings (SSSR count). The van der Waals surface area contributed by atoms with E-state index in [1.54, 1.807) is 23.0 Å². The van der Waals surface area contributed by atoms with Gasteiger partial charge in [0.05, 0.1) is 0 Å². The smallest absolute Gasteiger partial charge is 0.356 e. The van der Waals surface area contributed by atoms with Gasteiger partial charge >= 0.3 is 5.97 Å². The van der Waals surface area contributed by atoms with Crippen LogP contribution in [0.5, 0.6) is 5.75 Å². The molecule has 0 spiro atoms. The second-order valence-electron chi connectivity index (χ2n) is 6.26. The Morgan fingerprint density at radius 1 is 1.07 bits per heavy atom. The number of carbonyl (C=O) groups excluding carboxylic acids is 1. The van der Waals surface area contributed by atoms with E-state index in [4.69, 9.17) is 4.74 Å². The average molecular weight is 443 g/mol. The molecule has 0 radical (unpaired) electrons. The Morgan fingerprint density at radius 3 is 2.46 bits per heavy atom. The summed E-state index contributed by atoms with van der Waals surface area (Å²) < 4.78 is 7.96. The minimum atomic E-state index is -1.14.